The fraction of sp³-hybridized carbons (Fsp3) is 0.409. The number of benzene rings is 6. The Balaban J connectivity index is 0.000000151. The number of nitrogens with zero attached hydrogens (tertiary/aromatic N) is 5. The molecule has 6 aromatic carbocycles. The van der Waals surface area contributed by atoms with Crippen LogP contribution in [0, 0.1) is 17.5 Å². The SMILES string of the molecule is Clc1cc(Cl)cc(N2CCNCC2)c1.O=C(NS(=O)(=O)C1CC1)c1cc(Br)c(CBr)cc1F.O=C(NS(=O)(=O)C1CC1)c1cc(Br)c(CN2CCN(c3cc(Cl)cc(Cl)c3)CC2)cc1F.O=C(NS(=O)(=O)C1CC1)c1cc(C2CC2)c(CN2CCN(c3cc(Cl)cc(Cl)c3)CC2)cc1F. The molecule has 3 heterocycles. The van der Waals surface area contributed by atoms with E-state index in [0.717, 1.165) is 120 Å². The molecule has 534 valence electrons. The first-order valence-corrected chi connectivity index (χ1v) is 41.3. The molecular formula is C66H69Br3Cl6F3N9O9S3. The number of halogens is 12. The van der Waals surface area contributed by atoms with Crippen LogP contribution in [0.1, 0.15) is 111 Å². The average molecular weight is 1740 g/mol. The van der Waals surface area contributed by atoms with Crippen molar-refractivity contribution >= 4 is 182 Å². The maximum Gasteiger partial charge on any atom is 0.267 e. The van der Waals surface area contributed by atoms with Gasteiger partial charge in [-0.2, -0.15) is 0 Å². The lowest BCUT2D eigenvalue weighted by molar-refractivity contribution is 0.0968. The number of hydrogen-bond acceptors (Lipinski definition) is 15. The normalized spacial score (nSPS) is 17.6. The number of alkyl halides is 1. The first-order chi connectivity index (χ1) is 46.9. The molecule has 3 aliphatic heterocycles. The number of carbonyl (C=O) groups is 3. The summed E-state index contributed by atoms with van der Waals surface area (Å²) in [6, 6.07) is 24.7. The molecule has 0 spiro atoms. The van der Waals surface area contributed by atoms with Gasteiger partial charge in [-0.3, -0.25) is 24.2 Å². The van der Waals surface area contributed by atoms with E-state index < -0.39 is 81.0 Å². The van der Waals surface area contributed by atoms with E-state index in [9.17, 15) is 52.8 Å². The molecule has 7 fully saturated rings. The van der Waals surface area contributed by atoms with Gasteiger partial charge in [0.05, 0.1) is 32.4 Å². The van der Waals surface area contributed by atoms with Crippen LogP contribution in [0.5, 0.6) is 0 Å². The topological polar surface area (TPSA) is 218 Å². The highest BCUT2D eigenvalue weighted by atomic mass is 79.9. The zero-order valence-corrected chi connectivity index (χ0v) is 64.6. The largest absolute Gasteiger partial charge is 0.369 e. The van der Waals surface area contributed by atoms with Gasteiger partial charge in [0.25, 0.3) is 17.7 Å². The number of nitrogens with one attached hydrogen (secondary N) is 4. The molecule has 0 aromatic heterocycles. The van der Waals surface area contributed by atoms with Gasteiger partial charge < -0.3 is 20.0 Å². The standard InChI is InChI=1S/C24H26Cl2FN3O3S.C21H21BrCl2FN3O3S.C11H10Br2FNO3S.C10H12Cl2N2/c25-17-10-18(26)12-19(11-17)30-7-5-29(6-8-30)14-16-9-23(27)22(13-21(16)15-1-2-15)24(31)28-34(32,33)20-3-4-20;22-19-11-18(21(29)26-32(30,31)17-1-2-17)20(25)7-13(19)12-27-3-5-28(6-4-27)16-9-14(23)8-15(24)10-16;12-5-6-3-10(14)8(4-9(6)13)11(16)15-19(17,18)7-1-2-7;11-8-5-9(12)7-10(6-8)14-3-1-13-2-4-14/h9-13,15,20H,1-8,14H2,(H,28,31);7-11,17H,1-6,12H2,(H,26,29);3-4,7H,1-2,5H2,(H,15,16);5-7,13H,1-4H2. The monoisotopic (exact) mass is 1730 g/mol. The molecule has 13 rings (SSSR count). The molecule has 99 heavy (non-hydrogen) atoms. The van der Waals surface area contributed by atoms with Gasteiger partial charge in [0.1, 0.15) is 17.5 Å². The van der Waals surface area contributed by atoms with E-state index in [1.165, 1.54) is 30.3 Å². The summed E-state index contributed by atoms with van der Waals surface area (Å²) in [6.07, 6.45) is 5.17. The molecule has 4 N–H and O–H groups in total. The Labute approximate surface area is 629 Å². The minimum Gasteiger partial charge on any atom is -0.369 e. The van der Waals surface area contributed by atoms with E-state index in [2.05, 4.69) is 77.6 Å². The van der Waals surface area contributed by atoms with Crippen molar-refractivity contribution in [2.75, 3.05) is 93.2 Å². The third-order valence-corrected chi connectivity index (χ3v) is 26.1. The second kappa shape index (κ2) is 33.7. The summed E-state index contributed by atoms with van der Waals surface area (Å²) in [6.45, 7) is 11.3. The zero-order chi connectivity index (χ0) is 71.3. The molecule has 6 aromatic rings. The van der Waals surface area contributed by atoms with Crippen LogP contribution in [0.2, 0.25) is 30.1 Å². The Morgan fingerprint density at radius 2 is 0.717 bits per heavy atom. The number of amides is 3. The molecular weight excluding hydrogens is 1670 g/mol. The lowest BCUT2D eigenvalue weighted by atomic mass is 9.98. The Bertz CT molecular complexity index is 4320. The smallest absolute Gasteiger partial charge is 0.267 e. The van der Waals surface area contributed by atoms with E-state index >= 15 is 0 Å². The van der Waals surface area contributed by atoms with Crippen LogP contribution in [0.25, 0.3) is 0 Å². The first kappa shape index (κ1) is 77.4. The number of anilines is 3. The summed E-state index contributed by atoms with van der Waals surface area (Å²) in [5.74, 6) is -4.67. The van der Waals surface area contributed by atoms with Crippen molar-refractivity contribution in [2.45, 2.75) is 91.5 Å². The third kappa shape index (κ3) is 21.7. The van der Waals surface area contributed by atoms with Crippen LogP contribution in [0.3, 0.4) is 0 Å². The summed E-state index contributed by atoms with van der Waals surface area (Å²) in [5.41, 5.74) is 5.40. The molecule has 0 atom stereocenters. The molecule has 0 bridgehead atoms. The Morgan fingerprint density at radius 3 is 1.05 bits per heavy atom. The van der Waals surface area contributed by atoms with Crippen molar-refractivity contribution in [1.82, 2.24) is 29.3 Å². The van der Waals surface area contributed by atoms with Gasteiger partial charge in [0, 0.05) is 153 Å². The van der Waals surface area contributed by atoms with Gasteiger partial charge in [-0.05, 0) is 171 Å². The number of rotatable bonds is 18. The molecule has 18 nitrogen and oxygen atoms in total. The predicted octanol–water partition coefficient (Wildman–Crippen LogP) is 14.1. The quantitative estimate of drug-likeness (QED) is 0.0588. The summed E-state index contributed by atoms with van der Waals surface area (Å²) in [5, 5.41) is 5.88. The van der Waals surface area contributed by atoms with Crippen molar-refractivity contribution in [3.05, 3.63) is 186 Å². The lowest BCUT2D eigenvalue weighted by Gasteiger charge is -2.36. The fourth-order valence-electron chi connectivity index (χ4n) is 11.3. The van der Waals surface area contributed by atoms with E-state index in [1.54, 1.807) is 24.3 Å². The van der Waals surface area contributed by atoms with Crippen molar-refractivity contribution in [1.29, 1.82) is 0 Å². The van der Waals surface area contributed by atoms with Crippen LogP contribution < -0.4 is 34.2 Å². The maximum absolute atomic E-state index is 15.0. The Kier molecular flexibility index (Phi) is 26.4. The van der Waals surface area contributed by atoms with E-state index in [4.69, 9.17) is 69.6 Å². The molecule has 0 unspecified atom stereocenters. The van der Waals surface area contributed by atoms with Crippen molar-refractivity contribution < 1.29 is 52.8 Å². The first-order valence-electron chi connectivity index (χ1n) is 31.7. The second-order valence-electron chi connectivity index (χ2n) is 25.0. The zero-order valence-electron chi connectivity index (χ0n) is 52.9. The van der Waals surface area contributed by atoms with Crippen LogP contribution in [-0.2, 0) is 48.5 Å². The van der Waals surface area contributed by atoms with E-state index in [0.29, 0.717) is 107 Å². The molecule has 0 radical (unpaired) electrons. The highest BCUT2D eigenvalue weighted by Gasteiger charge is 2.40. The second-order valence-corrected chi connectivity index (χ2v) is 35.7. The van der Waals surface area contributed by atoms with Gasteiger partial charge >= 0.3 is 0 Å². The number of hydrogen-bond donors (Lipinski definition) is 4. The van der Waals surface area contributed by atoms with Crippen molar-refractivity contribution in [3.8, 4) is 0 Å². The summed E-state index contributed by atoms with van der Waals surface area (Å²) < 4.78 is 122. The summed E-state index contributed by atoms with van der Waals surface area (Å²) >= 11 is 46.2. The Hall–Kier alpha value is -4.17. The maximum atomic E-state index is 15.0. The van der Waals surface area contributed by atoms with Crippen molar-refractivity contribution in [2.24, 2.45) is 0 Å². The van der Waals surface area contributed by atoms with Crippen LogP contribution in [-0.4, -0.2) is 147 Å². The number of carbonyl (C=O) groups excluding carboxylic acids is 3. The molecule has 3 saturated heterocycles. The van der Waals surface area contributed by atoms with Gasteiger partial charge in [0.15, 0.2) is 0 Å². The molecule has 7 aliphatic rings. The molecule has 4 aliphatic carbocycles. The van der Waals surface area contributed by atoms with Crippen LogP contribution in [0.15, 0.2) is 99.9 Å². The summed E-state index contributed by atoms with van der Waals surface area (Å²) in [7, 11) is -11.1. The molecule has 3 amide bonds. The molecule has 4 saturated carbocycles. The van der Waals surface area contributed by atoms with Crippen LogP contribution in [0.4, 0.5) is 30.2 Å². The van der Waals surface area contributed by atoms with E-state index in [1.807, 2.05) is 50.6 Å². The van der Waals surface area contributed by atoms with Crippen molar-refractivity contribution in [3.63, 3.8) is 0 Å². The van der Waals surface area contributed by atoms with Gasteiger partial charge in [-0.1, -0.05) is 117 Å². The number of piperazine rings is 3. The van der Waals surface area contributed by atoms with Gasteiger partial charge in [-0.15, -0.1) is 0 Å². The highest BCUT2D eigenvalue weighted by Crippen LogP contribution is 2.43. The minimum absolute atomic E-state index is 0.197. The third-order valence-electron chi connectivity index (χ3n) is 17.3. The van der Waals surface area contributed by atoms with Gasteiger partial charge in [-0.25, -0.2) is 52.6 Å². The Morgan fingerprint density at radius 1 is 0.414 bits per heavy atom. The minimum atomic E-state index is -3.74. The predicted molar refractivity (Wildman–Crippen MR) is 397 cm³/mol. The highest BCUT2D eigenvalue weighted by molar-refractivity contribution is 9.11. The molecule has 33 heteroatoms. The van der Waals surface area contributed by atoms with Gasteiger partial charge in [0.2, 0.25) is 30.1 Å². The average Bonchev–Trinajstić information content (AvgIpc) is 1.75. The van der Waals surface area contributed by atoms with E-state index in [-0.39, 0.29) is 22.6 Å². The van der Waals surface area contributed by atoms with Crippen LogP contribution >= 0.6 is 117 Å². The summed E-state index contributed by atoms with van der Waals surface area (Å²) in [4.78, 5) is 47.8. The number of sulfonamides is 3. The fourth-order valence-corrected chi connectivity index (χ4v) is 18.5. The lowest BCUT2D eigenvalue weighted by Crippen LogP contribution is -2.46.